The van der Waals surface area contributed by atoms with Crippen molar-refractivity contribution in [1.29, 1.82) is 0 Å². The summed E-state index contributed by atoms with van der Waals surface area (Å²) in [6, 6.07) is 0. The van der Waals surface area contributed by atoms with E-state index in [2.05, 4.69) is 6.08 Å². The molecule has 0 radical (unpaired) electrons. The molecule has 2 aliphatic carbocycles. The highest BCUT2D eigenvalue weighted by molar-refractivity contribution is 5.83. The van der Waals surface area contributed by atoms with E-state index in [1.54, 1.807) is 7.11 Å². The van der Waals surface area contributed by atoms with Crippen molar-refractivity contribution in [3.05, 3.63) is 11.8 Å². The molecule has 0 saturated heterocycles. The lowest BCUT2D eigenvalue weighted by atomic mass is 9.85. The minimum absolute atomic E-state index is 0.323. The van der Waals surface area contributed by atoms with E-state index < -0.39 is 0 Å². The molecule has 2 aliphatic rings. The molecule has 0 amide bonds. The number of ketones is 1. The summed E-state index contributed by atoms with van der Waals surface area (Å²) in [5.41, 5.74) is 0. The van der Waals surface area contributed by atoms with Gasteiger partial charge in [-0.2, -0.15) is 0 Å². The van der Waals surface area contributed by atoms with Gasteiger partial charge in [-0.1, -0.05) is 0 Å². The summed E-state index contributed by atoms with van der Waals surface area (Å²) in [5, 5.41) is 0. The number of methoxy groups -OCH3 is 1. The number of carbonyl (C=O) groups excluding carboxylic acids is 1. The predicted molar refractivity (Wildman–Crippen MR) is 45.5 cm³/mol. The molecule has 1 saturated carbocycles. The Hall–Kier alpha value is -0.790. The van der Waals surface area contributed by atoms with Crippen molar-refractivity contribution < 1.29 is 9.53 Å². The van der Waals surface area contributed by atoms with E-state index in [0.29, 0.717) is 17.6 Å². The Kier molecular flexibility index (Phi) is 1.91. The maximum atomic E-state index is 11.3. The third-order valence-electron chi connectivity index (χ3n) is 3.07. The molecule has 0 aromatic carbocycles. The number of ether oxygens (including phenoxy) is 1. The first-order valence-electron chi connectivity index (χ1n) is 4.57. The molecular weight excluding hydrogens is 152 g/mol. The van der Waals surface area contributed by atoms with Crippen LogP contribution in [0.5, 0.6) is 0 Å². The van der Waals surface area contributed by atoms with Crippen LogP contribution in [0.25, 0.3) is 0 Å². The minimum atomic E-state index is 0.323. The molecule has 2 heteroatoms. The van der Waals surface area contributed by atoms with Crippen LogP contribution in [0.2, 0.25) is 0 Å². The second-order valence-electron chi connectivity index (χ2n) is 3.69. The fourth-order valence-electron chi connectivity index (χ4n) is 2.31. The van der Waals surface area contributed by atoms with E-state index >= 15 is 0 Å². The van der Waals surface area contributed by atoms with Gasteiger partial charge in [0, 0.05) is 18.8 Å². The molecule has 2 unspecified atom stereocenters. The molecular formula is C10H14O2. The molecule has 12 heavy (non-hydrogen) atoms. The topological polar surface area (TPSA) is 26.3 Å². The molecule has 0 N–H and O–H groups in total. The zero-order valence-electron chi connectivity index (χ0n) is 7.38. The van der Waals surface area contributed by atoms with Gasteiger partial charge >= 0.3 is 0 Å². The zero-order chi connectivity index (χ0) is 8.55. The van der Waals surface area contributed by atoms with E-state index in [0.717, 1.165) is 31.4 Å². The molecule has 0 aromatic rings. The van der Waals surface area contributed by atoms with E-state index in [-0.39, 0.29) is 0 Å². The lowest BCUT2D eigenvalue weighted by Crippen LogP contribution is -2.18. The summed E-state index contributed by atoms with van der Waals surface area (Å²) in [7, 11) is 1.71. The summed E-state index contributed by atoms with van der Waals surface area (Å²) in [6.07, 6.45) is 5.83. The summed E-state index contributed by atoms with van der Waals surface area (Å²) in [6.45, 7) is 0. The number of hydrogen-bond donors (Lipinski definition) is 0. The molecule has 0 heterocycles. The van der Waals surface area contributed by atoms with E-state index in [1.807, 2.05) is 0 Å². The van der Waals surface area contributed by atoms with Crippen molar-refractivity contribution >= 4 is 5.78 Å². The highest BCUT2D eigenvalue weighted by atomic mass is 16.5. The summed E-state index contributed by atoms with van der Waals surface area (Å²) in [5.74, 6) is 2.44. The fourth-order valence-corrected chi connectivity index (χ4v) is 2.31. The average molecular weight is 166 g/mol. The normalized spacial score (nSPS) is 34.4. The van der Waals surface area contributed by atoms with Crippen LogP contribution in [0.15, 0.2) is 11.8 Å². The summed E-state index contributed by atoms with van der Waals surface area (Å²) >= 11 is 0. The summed E-state index contributed by atoms with van der Waals surface area (Å²) < 4.78 is 5.18. The van der Waals surface area contributed by atoms with Crippen LogP contribution in [0, 0.1) is 11.8 Å². The Bertz CT molecular complexity index is 230. The predicted octanol–water partition coefficient (Wildman–Crippen LogP) is 1.91. The quantitative estimate of drug-likeness (QED) is 0.594. The number of allylic oxidation sites excluding steroid dienone is 2. The van der Waals surface area contributed by atoms with E-state index in [1.165, 1.54) is 0 Å². The molecule has 66 valence electrons. The van der Waals surface area contributed by atoms with Crippen molar-refractivity contribution in [2.75, 3.05) is 7.11 Å². The highest BCUT2D eigenvalue weighted by Crippen LogP contribution is 2.39. The standard InChI is InChI=1S/C10H14O2/c1-12-8-3-4-9-7(6-8)2-5-10(9)11/h3,7,9H,2,4-6H2,1H3. The van der Waals surface area contributed by atoms with Gasteiger partial charge in [0.2, 0.25) is 0 Å². The lowest BCUT2D eigenvalue weighted by molar-refractivity contribution is -0.121. The number of carbonyl (C=O) groups is 1. The van der Waals surface area contributed by atoms with Crippen LogP contribution in [-0.2, 0) is 9.53 Å². The van der Waals surface area contributed by atoms with Gasteiger partial charge in [-0.3, -0.25) is 4.79 Å². The van der Waals surface area contributed by atoms with Gasteiger partial charge in [-0.15, -0.1) is 0 Å². The van der Waals surface area contributed by atoms with E-state index in [9.17, 15) is 4.79 Å². The van der Waals surface area contributed by atoms with Crippen LogP contribution >= 0.6 is 0 Å². The largest absolute Gasteiger partial charge is 0.501 e. The SMILES string of the molecule is COC1=CCC2C(=O)CCC2C1. The Morgan fingerprint density at radius 3 is 3.17 bits per heavy atom. The van der Waals surface area contributed by atoms with Gasteiger partial charge in [0.15, 0.2) is 0 Å². The van der Waals surface area contributed by atoms with Gasteiger partial charge in [-0.25, -0.2) is 0 Å². The van der Waals surface area contributed by atoms with Gasteiger partial charge in [0.1, 0.15) is 5.78 Å². The second kappa shape index (κ2) is 2.92. The van der Waals surface area contributed by atoms with Crippen molar-refractivity contribution in [3.63, 3.8) is 0 Å². The van der Waals surface area contributed by atoms with Crippen LogP contribution in [-0.4, -0.2) is 12.9 Å². The Morgan fingerprint density at radius 2 is 2.42 bits per heavy atom. The monoisotopic (exact) mass is 166 g/mol. The third-order valence-corrected chi connectivity index (χ3v) is 3.07. The number of Topliss-reactive ketones (excluding diaryl/α,β-unsaturated/α-hetero) is 1. The summed E-state index contributed by atoms with van der Waals surface area (Å²) in [4.78, 5) is 11.3. The van der Waals surface area contributed by atoms with Gasteiger partial charge in [0.25, 0.3) is 0 Å². The second-order valence-corrected chi connectivity index (χ2v) is 3.69. The number of fused-ring (bicyclic) bond motifs is 1. The van der Waals surface area contributed by atoms with Gasteiger partial charge < -0.3 is 4.74 Å². The van der Waals surface area contributed by atoms with Gasteiger partial charge in [-0.05, 0) is 24.8 Å². The number of rotatable bonds is 1. The van der Waals surface area contributed by atoms with Gasteiger partial charge in [0.05, 0.1) is 12.9 Å². The molecule has 2 atom stereocenters. The van der Waals surface area contributed by atoms with Crippen molar-refractivity contribution in [3.8, 4) is 0 Å². The molecule has 0 spiro atoms. The molecule has 1 fully saturated rings. The zero-order valence-corrected chi connectivity index (χ0v) is 7.38. The molecule has 0 aliphatic heterocycles. The van der Waals surface area contributed by atoms with Crippen LogP contribution < -0.4 is 0 Å². The van der Waals surface area contributed by atoms with Crippen molar-refractivity contribution in [2.45, 2.75) is 25.7 Å². The first-order chi connectivity index (χ1) is 5.81. The molecule has 2 nitrogen and oxygen atoms in total. The fraction of sp³-hybridized carbons (Fsp3) is 0.700. The van der Waals surface area contributed by atoms with Crippen molar-refractivity contribution in [1.82, 2.24) is 0 Å². The highest BCUT2D eigenvalue weighted by Gasteiger charge is 2.36. The Balaban J connectivity index is 2.11. The maximum Gasteiger partial charge on any atom is 0.136 e. The third kappa shape index (κ3) is 1.15. The first kappa shape index (κ1) is 7.84. The average Bonchev–Trinajstić information content (AvgIpc) is 2.47. The van der Waals surface area contributed by atoms with Crippen LogP contribution in [0.4, 0.5) is 0 Å². The first-order valence-corrected chi connectivity index (χ1v) is 4.57. The van der Waals surface area contributed by atoms with Crippen LogP contribution in [0.1, 0.15) is 25.7 Å². The molecule has 0 aromatic heterocycles. The Labute approximate surface area is 72.6 Å². The molecule has 0 bridgehead atoms. The number of hydrogen-bond acceptors (Lipinski definition) is 2. The smallest absolute Gasteiger partial charge is 0.136 e. The van der Waals surface area contributed by atoms with E-state index in [4.69, 9.17) is 4.74 Å². The van der Waals surface area contributed by atoms with Crippen LogP contribution in [0.3, 0.4) is 0 Å². The Morgan fingerprint density at radius 1 is 1.58 bits per heavy atom. The molecule has 2 rings (SSSR count). The van der Waals surface area contributed by atoms with Crippen molar-refractivity contribution in [2.24, 2.45) is 11.8 Å². The maximum absolute atomic E-state index is 11.3. The minimum Gasteiger partial charge on any atom is -0.501 e. The lowest BCUT2D eigenvalue weighted by Gasteiger charge is -2.23.